The van der Waals surface area contributed by atoms with Gasteiger partial charge in [0.1, 0.15) is 11.3 Å². The highest BCUT2D eigenvalue weighted by atomic mass is 19.4. The van der Waals surface area contributed by atoms with Crippen LogP contribution in [-0.4, -0.2) is 35.8 Å². The molecule has 2 bridgehead atoms. The average molecular weight is 525 g/mol. The van der Waals surface area contributed by atoms with E-state index in [1.807, 2.05) is 6.07 Å². The molecule has 2 heterocycles. The van der Waals surface area contributed by atoms with E-state index in [0.717, 1.165) is 37.8 Å². The first kappa shape index (κ1) is 26.1. The van der Waals surface area contributed by atoms with Gasteiger partial charge in [0.25, 0.3) is 0 Å². The van der Waals surface area contributed by atoms with Crippen molar-refractivity contribution < 1.29 is 31.1 Å². The van der Waals surface area contributed by atoms with Gasteiger partial charge in [-0.1, -0.05) is 24.3 Å². The van der Waals surface area contributed by atoms with Crippen LogP contribution in [-0.2, 0) is 12.6 Å². The molecule has 1 saturated carbocycles. The highest BCUT2D eigenvalue weighted by Crippen LogP contribution is 2.45. The van der Waals surface area contributed by atoms with Gasteiger partial charge in [0.15, 0.2) is 0 Å². The number of rotatable bonds is 5. The maximum absolute atomic E-state index is 14.3. The summed E-state index contributed by atoms with van der Waals surface area (Å²) in [6.07, 6.45) is -5.34. The number of benzene rings is 2. The first-order valence-corrected chi connectivity index (χ1v) is 13.0. The second-order valence-electron chi connectivity index (χ2n) is 10.8. The smallest absolute Gasteiger partial charge is 0.420 e. The molecule has 37 heavy (non-hydrogen) atoms. The Bertz CT molecular complexity index is 1150. The summed E-state index contributed by atoms with van der Waals surface area (Å²) in [5, 5.41) is 9.88. The summed E-state index contributed by atoms with van der Waals surface area (Å²) < 4.78 is 87.5. The number of nitriles is 1. The molecular weight excluding hydrogens is 494 g/mol. The molecule has 3 fully saturated rings. The zero-order chi connectivity index (χ0) is 26.4. The van der Waals surface area contributed by atoms with Crippen molar-refractivity contribution in [1.29, 1.82) is 5.26 Å². The van der Waals surface area contributed by atoms with Crippen molar-refractivity contribution >= 4 is 10.8 Å². The van der Waals surface area contributed by atoms with Gasteiger partial charge in [0.2, 0.25) is 0 Å². The van der Waals surface area contributed by atoms with E-state index >= 15 is 0 Å². The molecule has 5 rings (SSSR count). The largest absolute Gasteiger partial charge is 0.490 e. The summed E-state index contributed by atoms with van der Waals surface area (Å²) in [4.78, 5) is 2.42. The number of ether oxygens (including phenoxy) is 1. The lowest BCUT2D eigenvalue weighted by Crippen LogP contribution is -2.43. The van der Waals surface area contributed by atoms with Crippen molar-refractivity contribution in [1.82, 2.24) is 4.90 Å². The molecule has 0 radical (unpaired) electrons. The van der Waals surface area contributed by atoms with Gasteiger partial charge >= 0.3 is 12.4 Å². The van der Waals surface area contributed by atoms with Crippen LogP contribution in [0.15, 0.2) is 30.3 Å². The van der Waals surface area contributed by atoms with Gasteiger partial charge in [0.05, 0.1) is 18.1 Å². The SMILES string of the molecule is N#CC1CC2CCC(C1)N2CCc1cccc2c(C(F)(F)F)c(O[C@H]3CC[C@@H](C(F)(F)F)CC3)ccc12. The normalized spacial score (nSPS) is 28.8. The van der Waals surface area contributed by atoms with Gasteiger partial charge < -0.3 is 4.74 Å². The molecule has 0 aromatic heterocycles. The first-order valence-electron chi connectivity index (χ1n) is 13.0. The lowest BCUT2D eigenvalue weighted by molar-refractivity contribution is -0.185. The zero-order valence-electron chi connectivity index (χ0n) is 20.4. The summed E-state index contributed by atoms with van der Waals surface area (Å²) >= 11 is 0. The van der Waals surface area contributed by atoms with E-state index in [1.165, 1.54) is 12.1 Å². The Morgan fingerprint density at radius 3 is 2.14 bits per heavy atom. The van der Waals surface area contributed by atoms with E-state index in [4.69, 9.17) is 4.74 Å². The van der Waals surface area contributed by atoms with Gasteiger partial charge in [-0.25, -0.2) is 0 Å². The monoisotopic (exact) mass is 524 g/mol. The first-order chi connectivity index (χ1) is 17.5. The highest BCUT2D eigenvalue weighted by Gasteiger charge is 2.43. The Kier molecular flexibility index (Phi) is 7.08. The number of alkyl halides is 6. The zero-order valence-corrected chi connectivity index (χ0v) is 20.4. The predicted octanol–water partition coefficient (Wildman–Crippen LogP) is 7.67. The number of fused-ring (bicyclic) bond motifs is 3. The van der Waals surface area contributed by atoms with Crippen LogP contribution >= 0.6 is 0 Å². The van der Waals surface area contributed by atoms with E-state index < -0.39 is 29.9 Å². The minimum atomic E-state index is -4.67. The molecule has 1 aliphatic carbocycles. The van der Waals surface area contributed by atoms with Crippen LogP contribution in [0.5, 0.6) is 5.75 Å². The van der Waals surface area contributed by atoms with Crippen molar-refractivity contribution in [3.8, 4) is 11.8 Å². The van der Waals surface area contributed by atoms with E-state index in [2.05, 4.69) is 11.0 Å². The molecular formula is C28H30F6N2O. The number of halogens is 6. The molecule has 3 aliphatic rings. The predicted molar refractivity (Wildman–Crippen MR) is 127 cm³/mol. The summed E-state index contributed by atoms with van der Waals surface area (Å²) in [5.74, 6) is -1.65. The maximum Gasteiger partial charge on any atom is 0.420 e. The quantitative estimate of drug-likeness (QED) is 0.377. The lowest BCUT2D eigenvalue weighted by atomic mass is 9.87. The van der Waals surface area contributed by atoms with Crippen LogP contribution in [0.4, 0.5) is 26.3 Å². The molecule has 0 spiro atoms. The topological polar surface area (TPSA) is 36.3 Å². The Morgan fingerprint density at radius 2 is 1.54 bits per heavy atom. The van der Waals surface area contributed by atoms with Gasteiger partial charge in [-0.15, -0.1) is 0 Å². The summed E-state index contributed by atoms with van der Waals surface area (Å²) in [6, 6.07) is 11.0. The molecule has 2 unspecified atom stereocenters. The third-order valence-corrected chi connectivity index (χ3v) is 8.53. The Balaban J connectivity index is 1.36. The Labute approximate surface area is 212 Å². The van der Waals surface area contributed by atoms with E-state index in [-0.39, 0.29) is 42.7 Å². The molecule has 3 nitrogen and oxygen atoms in total. The fourth-order valence-corrected chi connectivity index (χ4v) is 6.69. The number of hydrogen-bond donors (Lipinski definition) is 0. The number of hydrogen-bond acceptors (Lipinski definition) is 3. The van der Waals surface area contributed by atoms with Crippen molar-refractivity contribution in [2.45, 2.75) is 88.3 Å². The molecule has 2 saturated heterocycles. The third-order valence-electron chi connectivity index (χ3n) is 8.53. The number of nitrogens with zero attached hydrogens (tertiary/aromatic N) is 2. The van der Waals surface area contributed by atoms with Crippen LogP contribution in [0, 0.1) is 23.2 Å². The fourth-order valence-electron chi connectivity index (χ4n) is 6.69. The van der Waals surface area contributed by atoms with Gasteiger partial charge in [-0.3, -0.25) is 4.90 Å². The van der Waals surface area contributed by atoms with Crippen molar-refractivity contribution in [2.75, 3.05) is 6.54 Å². The van der Waals surface area contributed by atoms with E-state index in [0.29, 0.717) is 23.9 Å². The minimum absolute atomic E-state index is 0.0534. The van der Waals surface area contributed by atoms with Gasteiger partial charge in [-0.2, -0.15) is 31.6 Å². The Hall–Kier alpha value is -2.47. The summed E-state index contributed by atoms with van der Waals surface area (Å²) in [6.45, 7) is 0.731. The van der Waals surface area contributed by atoms with E-state index in [1.54, 1.807) is 12.1 Å². The maximum atomic E-state index is 14.3. The third kappa shape index (κ3) is 5.41. The van der Waals surface area contributed by atoms with E-state index in [9.17, 15) is 31.6 Å². The van der Waals surface area contributed by atoms with Gasteiger partial charge in [0, 0.05) is 24.5 Å². The molecule has 2 atom stereocenters. The second-order valence-corrected chi connectivity index (χ2v) is 10.8. The molecule has 2 aliphatic heterocycles. The van der Waals surface area contributed by atoms with Crippen molar-refractivity contribution in [3.63, 3.8) is 0 Å². The second kappa shape index (κ2) is 10.0. The highest BCUT2D eigenvalue weighted by molar-refractivity contribution is 5.91. The Morgan fingerprint density at radius 1 is 0.865 bits per heavy atom. The van der Waals surface area contributed by atoms with Crippen LogP contribution in [0.2, 0.25) is 0 Å². The van der Waals surface area contributed by atoms with Crippen LogP contribution < -0.4 is 4.74 Å². The molecule has 0 N–H and O–H groups in total. The molecule has 9 heteroatoms. The average Bonchev–Trinajstić information content (AvgIpc) is 3.08. The van der Waals surface area contributed by atoms with Crippen molar-refractivity contribution in [2.24, 2.45) is 11.8 Å². The lowest BCUT2D eigenvalue weighted by Gasteiger charge is -2.37. The molecule has 2 aromatic carbocycles. The molecule has 200 valence electrons. The molecule has 0 amide bonds. The summed E-state index contributed by atoms with van der Waals surface area (Å²) in [5.41, 5.74) is -0.0401. The minimum Gasteiger partial charge on any atom is -0.490 e. The number of piperidine rings is 1. The van der Waals surface area contributed by atoms with Crippen LogP contribution in [0.3, 0.4) is 0 Å². The standard InChI is InChI=1S/C28H30F6N2O/c29-27(30,31)19-4-8-22(9-5-19)37-25-11-10-23-18(2-1-3-24(23)26(25)28(32,33)34)12-13-36-20-6-7-21(36)15-17(14-20)16-35/h1-3,10-11,17,19-22H,4-9,12-15H2/t17?,19-,20?,21?,22+. The summed E-state index contributed by atoms with van der Waals surface area (Å²) in [7, 11) is 0. The van der Waals surface area contributed by atoms with Gasteiger partial charge in [-0.05, 0) is 80.2 Å². The van der Waals surface area contributed by atoms with Crippen LogP contribution in [0.1, 0.15) is 62.5 Å². The van der Waals surface area contributed by atoms with Crippen molar-refractivity contribution in [3.05, 3.63) is 41.5 Å². The van der Waals surface area contributed by atoms with Crippen LogP contribution in [0.25, 0.3) is 10.8 Å². The molecule has 2 aromatic rings. The fraction of sp³-hybridized carbons (Fsp3) is 0.607.